The number of nitriles is 1. The van der Waals surface area contributed by atoms with Crippen molar-refractivity contribution >= 4 is 5.57 Å². The average Bonchev–Trinajstić information content (AvgIpc) is 3.47. The fourth-order valence-corrected chi connectivity index (χ4v) is 5.67. The van der Waals surface area contributed by atoms with Crippen molar-refractivity contribution in [3.05, 3.63) is 46.8 Å². The second-order valence-corrected chi connectivity index (χ2v) is 10.3. The molecule has 178 valence electrons. The molecule has 0 aliphatic heterocycles. The van der Waals surface area contributed by atoms with E-state index in [0.717, 1.165) is 24.8 Å². The number of nitrogens with zero attached hydrogens (tertiary/aromatic N) is 3. The van der Waals surface area contributed by atoms with Crippen LogP contribution >= 0.6 is 0 Å². The van der Waals surface area contributed by atoms with Gasteiger partial charge in [-0.3, -0.25) is 0 Å². The first kappa shape index (κ1) is 22.9. The first-order chi connectivity index (χ1) is 16.5. The number of hydrogen-bond donors (Lipinski definition) is 1. The van der Waals surface area contributed by atoms with Crippen LogP contribution in [0.5, 0.6) is 5.75 Å². The lowest BCUT2D eigenvalue weighted by atomic mass is 9.85. The van der Waals surface area contributed by atoms with Crippen molar-refractivity contribution in [1.82, 2.24) is 15.5 Å². The van der Waals surface area contributed by atoms with Crippen molar-refractivity contribution in [2.24, 2.45) is 5.92 Å². The van der Waals surface area contributed by atoms with Crippen LogP contribution in [-0.4, -0.2) is 28.3 Å². The highest BCUT2D eigenvalue weighted by atomic mass is 16.5. The van der Waals surface area contributed by atoms with Crippen molar-refractivity contribution in [2.75, 3.05) is 0 Å². The third-order valence-electron chi connectivity index (χ3n) is 7.21. The SMILES string of the molecule is CC1C=C2C(=C(c3noc(-c4ccc(OC(C)C)c(C#N)c4)n3)C1)CCC2NC1CCCCC1. The Morgan fingerprint density at radius 3 is 2.74 bits per heavy atom. The summed E-state index contributed by atoms with van der Waals surface area (Å²) in [5.74, 6) is 2.14. The topological polar surface area (TPSA) is 84.0 Å². The number of aromatic nitrogens is 2. The van der Waals surface area contributed by atoms with E-state index in [2.05, 4.69) is 29.5 Å². The maximum absolute atomic E-state index is 9.57. The zero-order valence-electron chi connectivity index (χ0n) is 20.4. The molecule has 1 aromatic heterocycles. The van der Waals surface area contributed by atoms with Crippen molar-refractivity contribution < 1.29 is 9.26 Å². The number of allylic oxidation sites excluding steroid dienone is 2. The van der Waals surface area contributed by atoms with Gasteiger partial charge in [0.15, 0.2) is 5.82 Å². The first-order valence-electron chi connectivity index (χ1n) is 12.8. The Morgan fingerprint density at radius 1 is 1.15 bits per heavy atom. The van der Waals surface area contributed by atoms with Crippen LogP contribution in [-0.2, 0) is 0 Å². The van der Waals surface area contributed by atoms with Gasteiger partial charge in [0.1, 0.15) is 11.8 Å². The van der Waals surface area contributed by atoms with Gasteiger partial charge in [0.05, 0.1) is 11.7 Å². The lowest BCUT2D eigenvalue weighted by Crippen LogP contribution is -2.39. The molecule has 0 radical (unpaired) electrons. The largest absolute Gasteiger partial charge is 0.490 e. The van der Waals surface area contributed by atoms with E-state index in [0.29, 0.717) is 41.0 Å². The monoisotopic (exact) mass is 458 g/mol. The number of hydrogen-bond acceptors (Lipinski definition) is 6. The Kier molecular flexibility index (Phi) is 6.56. The fraction of sp³-hybridized carbons (Fsp3) is 0.536. The number of nitrogens with one attached hydrogen (secondary N) is 1. The third kappa shape index (κ3) is 4.67. The van der Waals surface area contributed by atoms with Gasteiger partial charge >= 0.3 is 0 Å². The van der Waals surface area contributed by atoms with Crippen LogP contribution in [0.3, 0.4) is 0 Å². The predicted molar refractivity (Wildman–Crippen MR) is 132 cm³/mol. The Labute approximate surface area is 202 Å². The Hall–Kier alpha value is -2.91. The second kappa shape index (κ2) is 9.76. The van der Waals surface area contributed by atoms with Gasteiger partial charge in [-0.2, -0.15) is 10.2 Å². The van der Waals surface area contributed by atoms with Crippen LogP contribution in [0, 0.1) is 17.2 Å². The molecule has 3 aliphatic carbocycles. The highest BCUT2D eigenvalue weighted by molar-refractivity contribution is 5.73. The van der Waals surface area contributed by atoms with Crippen molar-refractivity contribution in [3.8, 4) is 23.3 Å². The highest BCUT2D eigenvalue weighted by Crippen LogP contribution is 2.43. The van der Waals surface area contributed by atoms with E-state index in [1.807, 2.05) is 26.0 Å². The normalized spacial score (nSPS) is 23.1. The number of benzene rings is 1. The zero-order chi connectivity index (χ0) is 23.7. The van der Waals surface area contributed by atoms with E-state index in [1.54, 1.807) is 6.07 Å². The minimum absolute atomic E-state index is 0.000218. The summed E-state index contributed by atoms with van der Waals surface area (Å²) in [4.78, 5) is 4.77. The van der Waals surface area contributed by atoms with Crippen LogP contribution in [0.15, 0.2) is 39.9 Å². The number of rotatable bonds is 6. The molecule has 2 fully saturated rings. The molecule has 1 aromatic carbocycles. The molecule has 6 heteroatoms. The van der Waals surface area contributed by atoms with Gasteiger partial charge < -0.3 is 14.6 Å². The van der Waals surface area contributed by atoms with E-state index in [4.69, 9.17) is 14.2 Å². The predicted octanol–water partition coefficient (Wildman–Crippen LogP) is 6.20. The molecule has 34 heavy (non-hydrogen) atoms. The van der Waals surface area contributed by atoms with Gasteiger partial charge in [0, 0.05) is 23.2 Å². The average molecular weight is 459 g/mol. The van der Waals surface area contributed by atoms with Crippen LogP contribution < -0.4 is 10.1 Å². The molecule has 6 nitrogen and oxygen atoms in total. The van der Waals surface area contributed by atoms with E-state index in [-0.39, 0.29) is 6.10 Å². The summed E-state index contributed by atoms with van der Waals surface area (Å²) in [5, 5.41) is 17.9. The smallest absolute Gasteiger partial charge is 0.258 e. The molecule has 0 saturated heterocycles. The van der Waals surface area contributed by atoms with Gasteiger partial charge in [0.25, 0.3) is 5.89 Å². The Balaban J connectivity index is 1.40. The molecule has 2 saturated carbocycles. The second-order valence-electron chi connectivity index (χ2n) is 10.3. The number of ether oxygens (including phenoxy) is 1. The summed E-state index contributed by atoms with van der Waals surface area (Å²) in [7, 11) is 0. The van der Waals surface area contributed by atoms with Crippen LogP contribution in [0.25, 0.3) is 17.0 Å². The summed E-state index contributed by atoms with van der Waals surface area (Å²) in [6, 6.07) is 8.75. The third-order valence-corrected chi connectivity index (χ3v) is 7.21. The van der Waals surface area contributed by atoms with Gasteiger partial charge in [-0.05, 0) is 81.2 Å². The standard InChI is InChI=1S/C28H34N4O2/c1-17(2)33-26-12-9-19(15-20(26)16-29)28-31-27(32-34-28)24-14-18(3)13-23-22(24)10-11-25(23)30-21-7-5-4-6-8-21/h9,12-13,15,17-18,21,25,30H,4-8,10-11,14H2,1-3H3. The fourth-order valence-electron chi connectivity index (χ4n) is 5.67. The molecule has 0 bridgehead atoms. The van der Waals surface area contributed by atoms with E-state index >= 15 is 0 Å². The van der Waals surface area contributed by atoms with Crippen LogP contribution in [0.1, 0.15) is 83.5 Å². The van der Waals surface area contributed by atoms with Crippen LogP contribution in [0.4, 0.5) is 0 Å². The lowest BCUT2D eigenvalue weighted by molar-refractivity contribution is 0.241. The van der Waals surface area contributed by atoms with Gasteiger partial charge in [-0.15, -0.1) is 0 Å². The summed E-state index contributed by atoms with van der Waals surface area (Å²) in [5.41, 5.74) is 5.27. The van der Waals surface area contributed by atoms with Gasteiger partial charge in [-0.1, -0.05) is 37.4 Å². The van der Waals surface area contributed by atoms with Gasteiger partial charge in [0.2, 0.25) is 0 Å². The minimum atomic E-state index is -0.000218. The van der Waals surface area contributed by atoms with E-state index in [9.17, 15) is 5.26 Å². The Bertz CT molecular complexity index is 1150. The summed E-state index contributed by atoms with van der Waals surface area (Å²) < 4.78 is 11.4. The summed E-state index contributed by atoms with van der Waals surface area (Å²) >= 11 is 0. The maximum Gasteiger partial charge on any atom is 0.258 e. The first-order valence-corrected chi connectivity index (χ1v) is 12.8. The zero-order valence-corrected chi connectivity index (χ0v) is 20.4. The minimum Gasteiger partial charge on any atom is -0.490 e. The molecular formula is C28H34N4O2. The molecular weight excluding hydrogens is 424 g/mol. The van der Waals surface area contributed by atoms with Gasteiger partial charge in [-0.25, -0.2) is 0 Å². The molecule has 0 spiro atoms. The van der Waals surface area contributed by atoms with Crippen molar-refractivity contribution in [3.63, 3.8) is 0 Å². The lowest BCUT2D eigenvalue weighted by Gasteiger charge is -2.29. The highest BCUT2D eigenvalue weighted by Gasteiger charge is 2.34. The molecule has 2 atom stereocenters. The van der Waals surface area contributed by atoms with E-state index < -0.39 is 0 Å². The maximum atomic E-state index is 9.57. The summed E-state index contributed by atoms with van der Waals surface area (Å²) in [6.45, 7) is 6.16. The molecule has 5 rings (SSSR count). The molecule has 3 aliphatic rings. The quantitative estimate of drug-likeness (QED) is 0.555. The molecule has 2 unspecified atom stereocenters. The number of fused-ring (bicyclic) bond motifs is 1. The molecule has 1 N–H and O–H groups in total. The van der Waals surface area contributed by atoms with Crippen molar-refractivity contribution in [1.29, 1.82) is 5.26 Å². The van der Waals surface area contributed by atoms with Crippen molar-refractivity contribution in [2.45, 2.75) is 90.3 Å². The molecule has 1 heterocycles. The summed E-state index contributed by atoms with van der Waals surface area (Å²) in [6.07, 6.45) is 12.2. The van der Waals surface area contributed by atoms with E-state index in [1.165, 1.54) is 48.8 Å². The van der Waals surface area contributed by atoms with Crippen LogP contribution in [0.2, 0.25) is 0 Å². The molecule has 2 aromatic rings. The molecule has 0 amide bonds. The Morgan fingerprint density at radius 2 is 1.97 bits per heavy atom.